The van der Waals surface area contributed by atoms with E-state index in [1.165, 1.54) is 13.3 Å². The molecular formula is C23H53N3O4. The third kappa shape index (κ3) is 29.2. The number of carbonyl (C=O) groups is 2. The van der Waals surface area contributed by atoms with Crippen LogP contribution in [0.1, 0.15) is 94.9 Å². The number of Topliss-reactive ketones (excluding diaryl/α,β-unsaturated/α-hetero) is 1. The molecule has 0 aromatic heterocycles. The molecule has 5 N–H and O–H groups in total. The highest BCUT2D eigenvalue weighted by Gasteiger charge is 2.16. The summed E-state index contributed by atoms with van der Waals surface area (Å²) < 4.78 is 5.49. The largest absolute Gasteiger partial charge is 0.395 e. The van der Waals surface area contributed by atoms with E-state index in [-0.39, 0.29) is 42.5 Å². The predicted octanol–water partition coefficient (Wildman–Crippen LogP) is 3.42. The van der Waals surface area contributed by atoms with Gasteiger partial charge in [-0.15, -0.1) is 0 Å². The summed E-state index contributed by atoms with van der Waals surface area (Å²) in [6.07, 6.45) is 3.10. The molecule has 0 rings (SSSR count). The molecule has 0 heterocycles. The number of aliphatic hydroxyl groups excluding tert-OH is 1. The lowest BCUT2D eigenvalue weighted by atomic mass is 10.1. The Balaban J connectivity index is -0.000000207. The van der Waals surface area contributed by atoms with Crippen molar-refractivity contribution in [3.63, 3.8) is 0 Å². The van der Waals surface area contributed by atoms with Gasteiger partial charge in [0.1, 0.15) is 5.78 Å². The smallest absolute Gasteiger partial charge is 0.220 e. The summed E-state index contributed by atoms with van der Waals surface area (Å²) in [5.74, 6) is -0.0884. The molecule has 184 valence electrons. The molecule has 30 heavy (non-hydrogen) atoms. The van der Waals surface area contributed by atoms with E-state index in [0.29, 0.717) is 19.4 Å². The normalized spacial score (nSPS) is 11.1. The van der Waals surface area contributed by atoms with Crippen LogP contribution in [0.2, 0.25) is 0 Å². The summed E-state index contributed by atoms with van der Waals surface area (Å²) in [5, 5.41) is 14.2. The average molecular weight is 436 g/mol. The van der Waals surface area contributed by atoms with Crippen LogP contribution in [0.5, 0.6) is 0 Å². The number of nitrogens with one attached hydrogen (secondary N) is 2. The van der Waals surface area contributed by atoms with Crippen molar-refractivity contribution in [2.24, 2.45) is 5.73 Å². The van der Waals surface area contributed by atoms with Gasteiger partial charge >= 0.3 is 0 Å². The van der Waals surface area contributed by atoms with E-state index >= 15 is 0 Å². The van der Waals surface area contributed by atoms with Crippen LogP contribution in [0.25, 0.3) is 0 Å². The molecule has 0 aliphatic heterocycles. The summed E-state index contributed by atoms with van der Waals surface area (Å²) in [6.45, 7) is 21.3. The zero-order valence-corrected chi connectivity index (χ0v) is 21.6. The molecule has 7 heteroatoms. The summed E-state index contributed by atoms with van der Waals surface area (Å²) in [6, 6.07) is -0.0470. The van der Waals surface area contributed by atoms with Gasteiger partial charge in [0.25, 0.3) is 0 Å². The average Bonchev–Trinajstić information content (AvgIpc) is 2.72. The van der Waals surface area contributed by atoms with Crippen LogP contribution in [0.4, 0.5) is 0 Å². The van der Waals surface area contributed by atoms with Gasteiger partial charge in [0, 0.05) is 32.2 Å². The number of carbonyl (C=O) groups excluding carboxylic acids is 2. The number of ether oxygens (including phenoxy) is 1. The first-order valence-corrected chi connectivity index (χ1v) is 11.6. The van der Waals surface area contributed by atoms with E-state index in [1.807, 2.05) is 55.4 Å². The highest BCUT2D eigenvalue weighted by Crippen LogP contribution is 2.06. The number of unbranched alkanes of at least 4 members (excludes halogenated alkanes) is 1. The Labute approximate surface area is 186 Å². The first kappa shape index (κ1) is 36.4. The maximum absolute atomic E-state index is 11.3. The Hall–Kier alpha value is -1.02. The van der Waals surface area contributed by atoms with Gasteiger partial charge in [-0.25, -0.2) is 0 Å². The van der Waals surface area contributed by atoms with Gasteiger partial charge in [-0.2, -0.15) is 0 Å². The van der Waals surface area contributed by atoms with Crippen molar-refractivity contribution in [1.29, 1.82) is 0 Å². The van der Waals surface area contributed by atoms with Gasteiger partial charge in [0.2, 0.25) is 5.91 Å². The molecule has 7 nitrogen and oxygen atoms in total. The molecule has 0 spiro atoms. The summed E-state index contributed by atoms with van der Waals surface area (Å²) in [7, 11) is 0. The molecule has 0 aliphatic carbocycles. The van der Waals surface area contributed by atoms with Crippen LogP contribution in [0.3, 0.4) is 0 Å². The van der Waals surface area contributed by atoms with Crippen LogP contribution in [0, 0.1) is 0 Å². The van der Waals surface area contributed by atoms with Crippen LogP contribution in [-0.2, 0) is 14.3 Å². The topological polar surface area (TPSA) is 114 Å². The third-order valence-electron chi connectivity index (χ3n) is 3.60. The number of rotatable bonds is 13. The van der Waals surface area contributed by atoms with E-state index in [1.54, 1.807) is 0 Å². The summed E-state index contributed by atoms with van der Waals surface area (Å²) >= 11 is 0. The Morgan fingerprint density at radius 2 is 1.67 bits per heavy atom. The first-order valence-electron chi connectivity index (χ1n) is 11.6. The standard InChI is InChI=1S/C11H22N2O3.C8H19NO.2C2H6/c1-8(2)13-10(9(3)15)4-5-11(16)12-6-7-14;1-4-5-6-10-8(2,3)7-9;2*1-2/h8,10,13-14H,4-7H2,1-3H3,(H,12,16);4-7,9H2,1-3H3;2*1-2H3. The van der Waals surface area contributed by atoms with Crippen LogP contribution >= 0.6 is 0 Å². The Morgan fingerprint density at radius 1 is 1.13 bits per heavy atom. The number of ketones is 1. The predicted molar refractivity (Wildman–Crippen MR) is 129 cm³/mol. The van der Waals surface area contributed by atoms with E-state index in [2.05, 4.69) is 17.6 Å². The zero-order valence-electron chi connectivity index (χ0n) is 21.6. The zero-order chi connectivity index (χ0) is 24.6. The molecule has 0 radical (unpaired) electrons. The van der Waals surface area contributed by atoms with Crippen molar-refractivity contribution >= 4 is 11.7 Å². The van der Waals surface area contributed by atoms with Crippen molar-refractivity contribution in [2.45, 2.75) is 113 Å². The van der Waals surface area contributed by atoms with E-state index in [4.69, 9.17) is 15.6 Å². The van der Waals surface area contributed by atoms with Gasteiger partial charge in [-0.1, -0.05) is 54.9 Å². The second-order valence-corrected chi connectivity index (χ2v) is 7.26. The summed E-state index contributed by atoms with van der Waals surface area (Å²) in [5.41, 5.74) is 5.33. The quantitative estimate of drug-likeness (QED) is 0.330. The molecular weight excluding hydrogens is 382 g/mol. The van der Waals surface area contributed by atoms with Crippen molar-refractivity contribution in [1.82, 2.24) is 10.6 Å². The molecule has 1 unspecified atom stereocenters. The van der Waals surface area contributed by atoms with Gasteiger partial charge < -0.3 is 26.2 Å². The van der Waals surface area contributed by atoms with Crippen LogP contribution in [0.15, 0.2) is 0 Å². The molecule has 0 aliphatic rings. The highest BCUT2D eigenvalue weighted by atomic mass is 16.5. The van der Waals surface area contributed by atoms with E-state index < -0.39 is 0 Å². The number of hydrogen-bond donors (Lipinski definition) is 4. The molecule has 0 saturated heterocycles. The maximum Gasteiger partial charge on any atom is 0.220 e. The fraction of sp³-hybridized carbons (Fsp3) is 0.913. The molecule has 0 aromatic carbocycles. The van der Waals surface area contributed by atoms with E-state index in [9.17, 15) is 9.59 Å². The van der Waals surface area contributed by atoms with Crippen LogP contribution in [-0.4, -0.2) is 60.8 Å². The fourth-order valence-corrected chi connectivity index (χ4v) is 1.92. The van der Waals surface area contributed by atoms with Crippen molar-refractivity contribution in [2.75, 3.05) is 26.3 Å². The maximum atomic E-state index is 11.3. The second kappa shape index (κ2) is 26.0. The van der Waals surface area contributed by atoms with E-state index in [0.717, 1.165) is 13.0 Å². The molecule has 0 fully saturated rings. The van der Waals surface area contributed by atoms with Gasteiger partial charge in [-0.3, -0.25) is 9.59 Å². The summed E-state index contributed by atoms with van der Waals surface area (Å²) in [4.78, 5) is 22.5. The molecule has 1 atom stereocenters. The molecule has 0 bridgehead atoms. The minimum atomic E-state index is -0.264. The lowest BCUT2D eigenvalue weighted by Crippen LogP contribution is -2.40. The first-order chi connectivity index (χ1) is 14.1. The van der Waals surface area contributed by atoms with Crippen molar-refractivity contribution in [3.8, 4) is 0 Å². The van der Waals surface area contributed by atoms with Crippen molar-refractivity contribution < 1.29 is 19.4 Å². The number of amides is 1. The second-order valence-electron chi connectivity index (χ2n) is 7.26. The Morgan fingerprint density at radius 3 is 2.03 bits per heavy atom. The minimum Gasteiger partial charge on any atom is -0.395 e. The molecule has 1 amide bonds. The molecule has 0 aromatic rings. The van der Waals surface area contributed by atoms with Crippen molar-refractivity contribution in [3.05, 3.63) is 0 Å². The SMILES string of the molecule is CC.CC.CC(=O)C(CCC(=O)NCCO)NC(C)C.CCCCOC(C)(C)CN. The van der Waals surface area contributed by atoms with Gasteiger partial charge in [0.05, 0.1) is 18.2 Å². The van der Waals surface area contributed by atoms with Crippen LogP contribution < -0.4 is 16.4 Å². The lowest BCUT2D eigenvalue weighted by Gasteiger charge is -2.22. The number of nitrogens with two attached hydrogens (primary N) is 1. The fourth-order valence-electron chi connectivity index (χ4n) is 1.92. The van der Waals surface area contributed by atoms with Gasteiger partial charge in [0.15, 0.2) is 0 Å². The van der Waals surface area contributed by atoms with Gasteiger partial charge in [-0.05, 0) is 33.6 Å². The monoisotopic (exact) mass is 435 g/mol. The minimum absolute atomic E-state index is 0.0451. The number of hydrogen-bond acceptors (Lipinski definition) is 6. The number of aliphatic hydroxyl groups is 1. The Kier molecular flexibility index (Phi) is 31.5. The highest BCUT2D eigenvalue weighted by molar-refractivity contribution is 5.83. The third-order valence-corrected chi connectivity index (χ3v) is 3.60. The molecule has 0 saturated carbocycles. The lowest BCUT2D eigenvalue weighted by molar-refractivity contribution is -0.122. The Bertz CT molecular complexity index is 375.